The molecule has 1 amide bonds. The molecule has 0 saturated heterocycles. The largest absolute Gasteiger partial charge is 0.352 e. The lowest BCUT2D eigenvalue weighted by atomic mass is 9.98. The molecule has 0 heterocycles. The minimum absolute atomic E-state index is 0.0445. The molecule has 0 spiro atoms. The fraction of sp³-hybridized carbons (Fsp3) is 0.909. The summed E-state index contributed by atoms with van der Waals surface area (Å²) in [5.41, 5.74) is 4.96. The number of carbonyl (C=O) groups excluding carboxylic acids is 1. The van der Waals surface area contributed by atoms with Crippen LogP contribution in [0.4, 0.5) is 0 Å². The molecule has 1 atom stereocenters. The van der Waals surface area contributed by atoms with Gasteiger partial charge in [0.2, 0.25) is 5.91 Å². The lowest BCUT2D eigenvalue weighted by molar-refractivity contribution is -0.126. The van der Waals surface area contributed by atoms with Gasteiger partial charge in [0.25, 0.3) is 0 Å². The molecule has 0 bridgehead atoms. The number of nitrogens with two attached hydrogens (primary N) is 1. The second-order valence-corrected chi connectivity index (χ2v) is 5.03. The predicted molar refractivity (Wildman–Crippen MR) is 57.8 cm³/mol. The Bertz CT molecular complexity index is 202. The summed E-state index contributed by atoms with van der Waals surface area (Å²) < 4.78 is 0. The Morgan fingerprint density at radius 3 is 2.36 bits per heavy atom. The highest BCUT2D eigenvalue weighted by Gasteiger charge is 2.27. The molecule has 3 heteroatoms. The van der Waals surface area contributed by atoms with Crippen LogP contribution in [0.1, 0.15) is 46.5 Å². The van der Waals surface area contributed by atoms with E-state index < -0.39 is 5.54 Å². The predicted octanol–water partition coefficient (Wildman–Crippen LogP) is 1.42. The average Bonchev–Trinajstić information content (AvgIpc) is 2.53. The third kappa shape index (κ3) is 2.98. The van der Waals surface area contributed by atoms with Gasteiger partial charge in [-0.15, -0.1) is 0 Å². The molecule has 14 heavy (non-hydrogen) atoms. The van der Waals surface area contributed by atoms with Gasteiger partial charge in [0.1, 0.15) is 0 Å². The Labute approximate surface area is 86.4 Å². The van der Waals surface area contributed by atoms with Crippen molar-refractivity contribution in [1.82, 2.24) is 5.32 Å². The van der Waals surface area contributed by atoms with Gasteiger partial charge in [-0.3, -0.25) is 4.79 Å². The Morgan fingerprint density at radius 2 is 1.93 bits per heavy atom. The normalized spacial score (nSPS) is 20.9. The zero-order chi connectivity index (χ0) is 10.8. The minimum Gasteiger partial charge on any atom is -0.352 e. The molecule has 0 radical (unpaired) electrons. The fourth-order valence-electron chi connectivity index (χ4n) is 1.97. The molecule has 82 valence electrons. The first kappa shape index (κ1) is 11.5. The van der Waals surface area contributed by atoms with Gasteiger partial charge < -0.3 is 11.1 Å². The third-order valence-electron chi connectivity index (χ3n) is 3.05. The lowest BCUT2D eigenvalue weighted by Gasteiger charge is -2.25. The van der Waals surface area contributed by atoms with Crippen molar-refractivity contribution in [1.29, 1.82) is 0 Å². The molecular weight excluding hydrogens is 176 g/mol. The third-order valence-corrected chi connectivity index (χ3v) is 3.05. The van der Waals surface area contributed by atoms with E-state index in [1.807, 2.05) is 0 Å². The van der Waals surface area contributed by atoms with Crippen LogP contribution in [0, 0.1) is 5.92 Å². The second kappa shape index (κ2) is 4.30. The SMILES string of the molecule is C[C@H](NC(=O)C(C)(C)N)C1CCCC1. The summed E-state index contributed by atoms with van der Waals surface area (Å²) >= 11 is 0. The van der Waals surface area contributed by atoms with Crippen LogP contribution in [0.3, 0.4) is 0 Å². The van der Waals surface area contributed by atoms with Gasteiger partial charge in [0.15, 0.2) is 0 Å². The summed E-state index contributed by atoms with van der Waals surface area (Å²) in [6.07, 6.45) is 5.09. The number of carbonyl (C=O) groups is 1. The molecule has 1 aliphatic rings. The summed E-state index contributed by atoms with van der Waals surface area (Å²) in [4.78, 5) is 11.6. The minimum atomic E-state index is -0.757. The van der Waals surface area contributed by atoms with Gasteiger partial charge in [-0.05, 0) is 39.5 Å². The Hall–Kier alpha value is -0.570. The maximum absolute atomic E-state index is 11.6. The van der Waals surface area contributed by atoms with Gasteiger partial charge in [0, 0.05) is 6.04 Å². The number of nitrogens with one attached hydrogen (secondary N) is 1. The van der Waals surface area contributed by atoms with Crippen molar-refractivity contribution in [2.45, 2.75) is 58.0 Å². The topological polar surface area (TPSA) is 55.1 Å². The smallest absolute Gasteiger partial charge is 0.239 e. The number of hydrogen-bond acceptors (Lipinski definition) is 2. The van der Waals surface area contributed by atoms with Crippen molar-refractivity contribution in [3.8, 4) is 0 Å². The average molecular weight is 198 g/mol. The monoisotopic (exact) mass is 198 g/mol. The van der Waals surface area contributed by atoms with E-state index in [2.05, 4.69) is 12.2 Å². The molecule has 1 rings (SSSR count). The number of rotatable bonds is 3. The van der Waals surface area contributed by atoms with E-state index in [1.165, 1.54) is 25.7 Å². The highest BCUT2D eigenvalue weighted by Crippen LogP contribution is 2.27. The number of hydrogen-bond donors (Lipinski definition) is 2. The molecule has 0 unspecified atom stereocenters. The second-order valence-electron chi connectivity index (χ2n) is 5.03. The van der Waals surface area contributed by atoms with E-state index in [1.54, 1.807) is 13.8 Å². The summed E-state index contributed by atoms with van der Waals surface area (Å²) in [6, 6.07) is 0.271. The summed E-state index contributed by atoms with van der Waals surface area (Å²) in [6.45, 7) is 5.56. The van der Waals surface area contributed by atoms with Crippen molar-refractivity contribution in [2.24, 2.45) is 11.7 Å². The standard InChI is InChI=1S/C11H22N2O/c1-8(9-6-4-5-7-9)13-10(14)11(2,3)12/h8-9H,4-7,12H2,1-3H3,(H,13,14)/t8-/m0/s1. The maximum Gasteiger partial charge on any atom is 0.239 e. The van der Waals surface area contributed by atoms with Gasteiger partial charge >= 0.3 is 0 Å². The van der Waals surface area contributed by atoms with Gasteiger partial charge in [-0.1, -0.05) is 12.8 Å². The summed E-state index contributed by atoms with van der Waals surface area (Å²) in [5, 5.41) is 3.00. The molecule has 1 aliphatic carbocycles. The van der Waals surface area contributed by atoms with E-state index in [0.29, 0.717) is 5.92 Å². The highest BCUT2D eigenvalue weighted by atomic mass is 16.2. The first-order valence-electron chi connectivity index (χ1n) is 5.51. The van der Waals surface area contributed by atoms with Crippen LogP contribution in [0.2, 0.25) is 0 Å². The van der Waals surface area contributed by atoms with E-state index >= 15 is 0 Å². The Kier molecular flexibility index (Phi) is 3.53. The molecule has 1 saturated carbocycles. The van der Waals surface area contributed by atoms with Gasteiger partial charge in [-0.2, -0.15) is 0 Å². The van der Waals surface area contributed by atoms with E-state index in [9.17, 15) is 4.79 Å². The van der Waals surface area contributed by atoms with Crippen molar-refractivity contribution in [3.05, 3.63) is 0 Å². The molecule has 0 aliphatic heterocycles. The van der Waals surface area contributed by atoms with E-state index in [0.717, 1.165) is 0 Å². The summed E-state index contributed by atoms with van der Waals surface area (Å²) in [5.74, 6) is 0.609. The molecular formula is C11H22N2O. The molecule has 0 aromatic carbocycles. The highest BCUT2D eigenvalue weighted by molar-refractivity contribution is 5.85. The number of amides is 1. The van der Waals surface area contributed by atoms with Gasteiger partial charge in [0.05, 0.1) is 5.54 Å². The molecule has 0 aromatic rings. The van der Waals surface area contributed by atoms with Crippen LogP contribution in [0.15, 0.2) is 0 Å². The van der Waals surface area contributed by atoms with E-state index in [-0.39, 0.29) is 11.9 Å². The Balaban J connectivity index is 2.39. The molecule has 0 aromatic heterocycles. The van der Waals surface area contributed by atoms with Crippen LogP contribution in [-0.2, 0) is 4.79 Å². The lowest BCUT2D eigenvalue weighted by Crippen LogP contribution is -2.52. The van der Waals surface area contributed by atoms with E-state index in [4.69, 9.17) is 5.73 Å². The first-order chi connectivity index (χ1) is 6.41. The summed E-state index contributed by atoms with van der Waals surface area (Å²) in [7, 11) is 0. The quantitative estimate of drug-likeness (QED) is 0.720. The van der Waals surface area contributed by atoms with Crippen LogP contribution < -0.4 is 11.1 Å². The van der Waals surface area contributed by atoms with Crippen molar-refractivity contribution in [2.75, 3.05) is 0 Å². The van der Waals surface area contributed by atoms with Crippen LogP contribution >= 0.6 is 0 Å². The van der Waals surface area contributed by atoms with Crippen LogP contribution in [0.25, 0.3) is 0 Å². The van der Waals surface area contributed by atoms with Crippen LogP contribution in [-0.4, -0.2) is 17.5 Å². The fourth-order valence-corrected chi connectivity index (χ4v) is 1.97. The zero-order valence-electron chi connectivity index (χ0n) is 9.47. The van der Waals surface area contributed by atoms with Crippen molar-refractivity contribution in [3.63, 3.8) is 0 Å². The maximum atomic E-state index is 11.6. The molecule has 3 N–H and O–H groups in total. The molecule has 3 nitrogen and oxygen atoms in total. The zero-order valence-corrected chi connectivity index (χ0v) is 9.47. The van der Waals surface area contributed by atoms with Crippen molar-refractivity contribution >= 4 is 5.91 Å². The first-order valence-corrected chi connectivity index (χ1v) is 5.51. The van der Waals surface area contributed by atoms with Crippen LogP contribution in [0.5, 0.6) is 0 Å². The van der Waals surface area contributed by atoms with Gasteiger partial charge in [-0.25, -0.2) is 0 Å². The molecule has 1 fully saturated rings. The van der Waals surface area contributed by atoms with Crippen molar-refractivity contribution < 1.29 is 4.79 Å². The Morgan fingerprint density at radius 1 is 1.43 bits per heavy atom.